The summed E-state index contributed by atoms with van der Waals surface area (Å²) in [7, 11) is -1.71. The molecule has 1 aliphatic rings. The number of ether oxygens (including phenoxy) is 2. The first-order valence-electron chi connectivity index (χ1n) is 10.4. The molecule has 1 fully saturated rings. The van der Waals surface area contributed by atoms with E-state index in [2.05, 4.69) is 31.1 Å². The Balaban J connectivity index is 2.39. The number of hydrogen-bond donors (Lipinski definition) is 1. The van der Waals surface area contributed by atoms with Gasteiger partial charge in [-0.1, -0.05) is 55.9 Å². The maximum absolute atomic E-state index is 13.1. The van der Waals surface area contributed by atoms with Crippen molar-refractivity contribution in [2.24, 2.45) is 0 Å². The van der Waals surface area contributed by atoms with Crippen molar-refractivity contribution in [3.05, 3.63) is 35.9 Å². The second kappa shape index (κ2) is 9.11. The number of carbonyl (C=O) groups is 1. The number of rotatable bonds is 4. The van der Waals surface area contributed by atoms with Crippen molar-refractivity contribution >= 4 is 14.2 Å². The van der Waals surface area contributed by atoms with E-state index < -0.39 is 37.6 Å². The van der Waals surface area contributed by atoms with Crippen LogP contribution in [0.3, 0.4) is 0 Å². The molecular formula is C23H36N2O4Si. The van der Waals surface area contributed by atoms with Crippen molar-refractivity contribution in [3.63, 3.8) is 0 Å². The van der Waals surface area contributed by atoms with Gasteiger partial charge in [0.1, 0.15) is 25.4 Å². The molecule has 1 aromatic rings. The highest BCUT2D eigenvalue weighted by Gasteiger charge is 2.49. The van der Waals surface area contributed by atoms with Gasteiger partial charge in [-0.3, -0.25) is 4.90 Å². The van der Waals surface area contributed by atoms with Crippen molar-refractivity contribution in [1.29, 1.82) is 0 Å². The van der Waals surface area contributed by atoms with Crippen LogP contribution < -0.4 is 0 Å². The van der Waals surface area contributed by atoms with E-state index in [0.717, 1.165) is 5.56 Å². The summed E-state index contributed by atoms with van der Waals surface area (Å²) in [4.78, 5) is 14.6. The molecule has 1 saturated heterocycles. The van der Waals surface area contributed by atoms with Crippen molar-refractivity contribution in [2.75, 3.05) is 6.61 Å². The smallest absolute Gasteiger partial charge is 0.412 e. The molecule has 1 N–H and O–H groups in total. The lowest BCUT2D eigenvalue weighted by Crippen LogP contribution is -2.56. The molecule has 1 aliphatic heterocycles. The van der Waals surface area contributed by atoms with Gasteiger partial charge in [0.2, 0.25) is 0 Å². The topological polar surface area (TPSA) is 62.2 Å². The largest absolute Gasteiger partial charge is 0.444 e. The number of hydroxylamine groups is 2. The summed E-state index contributed by atoms with van der Waals surface area (Å²) >= 11 is 0. The summed E-state index contributed by atoms with van der Waals surface area (Å²) < 4.78 is 11.6. The predicted octanol–water partition coefficient (Wildman–Crippen LogP) is 4.50. The molecule has 1 amide bonds. The van der Waals surface area contributed by atoms with E-state index in [1.807, 2.05) is 65.0 Å². The summed E-state index contributed by atoms with van der Waals surface area (Å²) in [6, 6.07) is 8.63. The molecule has 0 aromatic heterocycles. The number of hydrogen-bond acceptors (Lipinski definition) is 5. The van der Waals surface area contributed by atoms with Gasteiger partial charge in [-0.2, -0.15) is 5.06 Å². The molecule has 0 unspecified atom stereocenters. The highest BCUT2D eigenvalue weighted by Crippen LogP contribution is 2.32. The zero-order chi connectivity index (χ0) is 22.7. The van der Waals surface area contributed by atoms with Crippen LogP contribution in [-0.2, 0) is 16.0 Å². The quantitative estimate of drug-likeness (QED) is 0.431. The second-order valence-corrected chi connectivity index (χ2v) is 15.0. The van der Waals surface area contributed by atoms with Crippen LogP contribution in [0, 0.1) is 11.5 Å². The lowest BCUT2D eigenvalue weighted by atomic mass is 10.1. The van der Waals surface area contributed by atoms with E-state index in [1.54, 1.807) is 4.90 Å². The van der Waals surface area contributed by atoms with E-state index in [4.69, 9.17) is 9.47 Å². The van der Waals surface area contributed by atoms with E-state index in [0.29, 0.717) is 6.54 Å². The van der Waals surface area contributed by atoms with Crippen LogP contribution in [0.5, 0.6) is 0 Å². The molecule has 0 bridgehead atoms. The van der Waals surface area contributed by atoms with Gasteiger partial charge in [0, 0.05) is 0 Å². The molecule has 166 valence electrons. The summed E-state index contributed by atoms with van der Waals surface area (Å²) in [5.41, 5.74) is 2.82. The fourth-order valence-corrected chi connectivity index (χ4v) is 3.84. The molecular weight excluding hydrogens is 396 g/mol. The lowest BCUT2D eigenvalue weighted by Gasteiger charge is -2.38. The van der Waals surface area contributed by atoms with Gasteiger partial charge >= 0.3 is 6.09 Å². The van der Waals surface area contributed by atoms with Crippen molar-refractivity contribution in [2.45, 2.75) is 84.2 Å². The molecule has 2 atom stereocenters. The fourth-order valence-electron chi connectivity index (χ4n) is 3.26. The van der Waals surface area contributed by atoms with Crippen LogP contribution in [0.1, 0.15) is 40.2 Å². The van der Waals surface area contributed by atoms with Gasteiger partial charge in [0.25, 0.3) is 0 Å². The Kier molecular flexibility index (Phi) is 7.41. The highest BCUT2D eigenvalue weighted by atomic mass is 28.3. The molecule has 1 heterocycles. The Morgan fingerprint density at radius 1 is 1.33 bits per heavy atom. The molecule has 30 heavy (non-hydrogen) atoms. The minimum Gasteiger partial charge on any atom is -0.444 e. The van der Waals surface area contributed by atoms with Crippen LogP contribution in [0.2, 0.25) is 19.6 Å². The average Bonchev–Trinajstić information content (AvgIpc) is 2.88. The minimum atomic E-state index is -1.71. The molecule has 0 saturated carbocycles. The predicted molar refractivity (Wildman–Crippen MR) is 121 cm³/mol. The summed E-state index contributed by atoms with van der Waals surface area (Å²) in [5, 5.41) is 12.3. The normalized spacial score (nSPS) is 19.9. The van der Waals surface area contributed by atoms with E-state index in [-0.39, 0.29) is 6.61 Å². The Morgan fingerprint density at radius 2 is 1.93 bits per heavy atom. The van der Waals surface area contributed by atoms with Crippen LogP contribution >= 0.6 is 0 Å². The van der Waals surface area contributed by atoms with Crippen LogP contribution in [0.4, 0.5) is 4.79 Å². The first-order valence-corrected chi connectivity index (χ1v) is 13.9. The summed E-state index contributed by atoms with van der Waals surface area (Å²) in [6.07, 6.45) is -0.470. The van der Waals surface area contributed by atoms with Gasteiger partial charge in [-0.25, -0.2) is 4.79 Å². The molecule has 6 nitrogen and oxygen atoms in total. The van der Waals surface area contributed by atoms with Crippen LogP contribution in [-0.4, -0.2) is 59.4 Å². The number of nitrogens with zero attached hydrogens (tertiary/aromatic N) is 2. The number of amides is 1. The van der Waals surface area contributed by atoms with Gasteiger partial charge in [-0.15, -0.1) is 5.54 Å². The van der Waals surface area contributed by atoms with Crippen LogP contribution in [0.15, 0.2) is 30.3 Å². The monoisotopic (exact) mass is 432 g/mol. The summed E-state index contributed by atoms with van der Waals surface area (Å²) in [6.45, 7) is 16.2. The summed E-state index contributed by atoms with van der Waals surface area (Å²) in [5.74, 6) is 3.27. The zero-order valence-corrected chi connectivity index (χ0v) is 20.5. The minimum absolute atomic E-state index is 0.267. The Bertz CT molecular complexity index is 787. The number of carbonyl (C=O) groups excluding carboxylic acids is 1. The van der Waals surface area contributed by atoms with Gasteiger partial charge in [0.15, 0.2) is 0 Å². The van der Waals surface area contributed by atoms with Gasteiger partial charge < -0.3 is 14.7 Å². The Labute approximate surface area is 182 Å². The van der Waals surface area contributed by atoms with Crippen molar-refractivity contribution in [1.82, 2.24) is 9.96 Å². The number of benzene rings is 1. The fraction of sp³-hybridized carbons (Fsp3) is 0.609. The van der Waals surface area contributed by atoms with E-state index in [1.165, 1.54) is 5.06 Å². The lowest BCUT2D eigenvalue weighted by molar-refractivity contribution is -0.135. The Morgan fingerprint density at radius 3 is 2.47 bits per heavy atom. The third-order valence-electron chi connectivity index (χ3n) is 4.58. The highest BCUT2D eigenvalue weighted by molar-refractivity contribution is 6.83. The average molecular weight is 433 g/mol. The van der Waals surface area contributed by atoms with E-state index in [9.17, 15) is 10.0 Å². The molecule has 0 radical (unpaired) electrons. The SMILES string of the molecule is CC(C)(C)OC(=O)N1[C@@H]([C@H](C#C[Si](C)(C)C)N(O)Cc2ccccc2)COC1(C)C. The zero-order valence-electron chi connectivity index (χ0n) is 19.5. The maximum atomic E-state index is 13.1. The van der Waals surface area contributed by atoms with E-state index >= 15 is 0 Å². The molecule has 1 aromatic carbocycles. The standard InChI is InChI=1S/C23H36N2O4Si/c1-22(2,3)29-21(26)25-20(17-28-23(25,4)5)19(14-15-30(6,7)8)24(27)16-18-12-10-9-11-13-18/h9-13,19-20,27H,16-17H2,1-8H3/t19-,20+/m0/s1. The Hall–Kier alpha value is -1.85. The molecule has 0 aliphatic carbocycles. The van der Waals surface area contributed by atoms with Gasteiger partial charge in [0.05, 0.1) is 19.2 Å². The van der Waals surface area contributed by atoms with Crippen LogP contribution in [0.25, 0.3) is 0 Å². The first-order chi connectivity index (χ1) is 13.7. The van der Waals surface area contributed by atoms with Crippen molar-refractivity contribution in [3.8, 4) is 11.5 Å². The molecule has 7 heteroatoms. The van der Waals surface area contributed by atoms with Gasteiger partial charge in [-0.05, 0) is 40.2 Å². The first kappa shape index (κ1) is 24.4. The molecule has 2 rings (SSSR count). The maximum Gasteiger partial charge on any atom is 0.412 e. The third kappa shape index (κ3) is 6.85. The molecule has 0 spiro atoms. The third-order valence-corrected chi connectivity index (χ3v) is 5.47. The van der Waals surface area contributed by atoms with Crippen molar-refractivity contribution < 1.29 is 19.5 Å². The second-order valence-electron chi connectivity index (χ2n) is 10.2.